The minimum atomic E-state index is -0.191. The first-order valence-corrected chi connectivity index (χ1v) is 8.54. The number of hydrogen-bond donors (Lipinski definition) is 1. The number of hydrogen-bond acceptors (Lipinski definition) is 4. The second-order valence-corrected chi connectivity index (χ2v) is 6.23. The molecule has 3 rings (SSSR count). The number of pyridine rings is 1. The predicted octanol–water partition coefficient (Wildman–Crippen LogP) is 3.13. The third-order valence-electron chi connectivity index (χ3n) is 4.24. The van der Waals surface area contributed by atoms with E-state index >= 15 is 0 Å². The van der Waals surface area contributed by atoms with Gasteiger partial charge < -0.3 is 15.1 Å². The van der Waals surface area contributed by atoms with E-state index in [9.17, 15) is 4.79 Å². The molecule has 0 unspecified atom stereocenters. The molecule has 0 bridgehead atoms. The van der Waals surface area contributed by atoms with Gasteiger partial charge in [0.2, 0.25) is 0 Å². The summed E-state index contributed by atoms with van der Waals surface area (Å²) in [5.74, 6) is 0.759. The minimum Gasteiger partial charge on any atom is -0.354 e. The van der Waals surface area contributed by atoms with Crippen molar-refractivity contribution < 1.29 is 4.79 Å². The summed E-state index contributed by atoms with van der Waals surface area (Å²) in [6.45, 7) is 7.36. The number of anilines is 2. The molecular formula is C18H21ClN4O. The van der Waals surface area contributed by atoms with Crippen LogP contribution in [0.4, 0.5) is 11.5 Å². The Kier molecular flexibility index (Phi) is 5.33. The number of benzene rings is 1. The zero-order valence-corrected chi connectivity index (χ0v) is 14.5. The van der Waals surface area contributed by atoms with E-state index in [0.717, 1.165) is 38.5 Å². The Morgan fingerprint density at radius 2 is 2.00 bits per heavy atom. The maximum Gasteiger partial charge on any atom is 0.255 e. The maximum absolute atomic E-state index is 12.2. The second kappa shape index (κ2) is 7.64. The monoisotopic (exact) mass is 344 g/mol. The fourth-order valence-electron chi connectivity index (χ4n) is 2.77. The zero-order chi connectivity index (χ0) is 16.9. The van der Waals surface area contributed by atoms with Gasteiger partial charge in [0.25, 0.3) is 5.91 Å². The molecule has 2 aromatic rings. The molecule has 24 heavy (non-hydrogen) atoms. The quantitative estimate of drug-likeness (QED) is 0.925. The van der Waals surface area contributed by atoms with E-state index in [1.807, 2.05) is 12.1 Å². The van der Waals surface area contributed by atoms with Gasteiger partial charge in [0, 0.05) is 36.8 Å². The maximum atomic E-state index is 12.2. The average molecular weight is 345 g/mol. The fourth-order valence-corrected chi connectivity index (χ4v) is 2.96. The average Bonchev–Trinajstić information content (AvgIpc) is 2.62. The molecule has 1 N–H and O–H groups in total. The van der Waals surface area contributed by atoms with Crippen molar-refractivity contribution >= 4 is 29.0 Å². The van der Waals surface area contributed by atoms with Gasteiger partial charge >= 0.3 is 0 Å². The number of amides is 1. The van der Waals surface area contributed by atoms with Crippen LogP contribution >= 0.6 is 11.6 Å². The van der Waals surface area contributed by atoms with Crippen molar-refractivity contribution in [2.45, 2.75) is 6.92 Å². The third-order valence-corrected chi connectivity index (χ3v) is 4.47. The Morgan fingerprint density at radius 3 is 2.62 bits per heavy atom. The molecular weight excluding hydrogens is 324 g/mol. The van der Waals surface area contributed by atoms with Crippen LogP contribution in [0.3, 0.4) is 0 Å². The van der Waals surface area contributed by atoms with Gasteiger partial charge in [-0.1, -0.05) is 24.6 Å². The van der Waals surface area contributed by atoms with Crippen LogP contribution in [-0.2, 0) is 0 Å². The molecule has 5 nitrogen and oxygen atoms in total. The lowest BCUT2D eigenvalue weighted by Gasteiger charge is -2.34. The second-order valence-electron chi connectivity index (χ2n) is 5.79. The lowest BCUT2D eigenvalue weighted by atomic mass is 10.2. The van der Waals surface area contributed by atoms with Gasteiger partial charge in [-0.2, -0.15) is 0 Å². The molecule has 0 radical (unpaired) electrons. The standard InChI is InChI=1S/C18H21ClN4O/c1-2-22-8-10-23(11-9-22)17-7-6-16(13-20-17)21-18(24)14-4-3-5-15(19)12-14/h3-7,12-13H,2,8-11H2,1H3,(H,21,24). The van der Waals surface area contributed by atoms with Crippen LogP contribution in [0.5, 0.6) is 0 Å². The molecule has 126 valence electrons. The molecule has 0 saturated carbocycles. The Balaban J connectivity index is 1.61. The third kappa shape index (κ3) is 4.04. The van der Waals surface area contributed by atoms with E-state index < -0.39 is 0 Å². The first-order chi connectivity index (χ1) is 11.7. The van der Waals surface area contributed by atoms with Crippen molar-refractivity contribution in [1.29, 1.82) is 0 Å². The van der Waals surface area contributed by atoms with E-state index in [-0.39, 0.29) is 5.91 Å². The molecule has 6 heteroatoms. The van der Waals surface area contributed by atoms with Crippen LogP contribution < -0.4 is 10.2 Å². The fraction of sp³-hybridized carbons (Fsp3) is 0.333. The topological polar surface area (TPSA) is 48.5 Å². The van der Waals surface area contributed by atoms with Crippen molar-refractivity contribution in [3.63, 3.8) is 0 Å². The van der Waals surface area contributed by atoms with E-state index in [2.05, 4.69) is 27.0 Å². The molecule has 1 aromatic carbocycles. The number of halogens is 1. The minimum absolute atomic E-state index is 0.191. The van der Waals surface area contributed by atoms with Gasteiger partial charge in [-0.05, 0) is 36.9 Å². The summed E-state index contributed by atoms with van der Waals surface area (Å²) in [6, 6.07) is 10.7. The highest BCUT2D eigenvalue weighted by Gasteiger charge is 2.16. The van der Waals surface area contributed by atoms with Gasteiger partial charge in [0.05, 0.1) is 11.9 Å². The SMILES string of the molecule is CCN1CCN(c2ccc(NC(=O)c3cccc(Cl)c3)cn2)CC1. The smallest absolute Gasteiger partial charge is 0.255 e. The predicted molar refractivity (Wildman–Crippen MR) is 98.0 cm³/mol. The summed E-state index contributed by atoms with van der Waals surface area (Å²) < 4.78 is 0. The van der Waals surface area contributed by atoms with E-state index in [1.54, 1.807) is 30.5 Å². The molecule has 1 amide bonds. The van der Waals surface area contributed by atoms with Crippen LogP contribution in [0, 0.1) is 0 Å². The number of carbonyl (C=O) groups is 1. The summed E-state index contributed by atoms with van der Waals surface area (Å²) in [6.07, 6.45) is 1.70. The number of likely N-dealkylation sites (N-methyl/N-ethyl adjacent to an activating group) is 1. The highest BCUT2D eigenvalue weighted by Crippen LogP contribution is 2.17. The molecule has 1 fully saturated rings. The molecule has 1 aliphatic rings. The number of rotatable bonds is 4. The Bertz CT molecular complexity index is 696. The molecule has 0 spiro atoms. The molecule has 1 aliphatic heterocycles. The van der Waals surface area contributed by atoms with Crippen LogP contribution in [0.2, 0.25) is 5.02 Å². The van der Waals surface area contributed by atoms with Crippen LogP contribution in [-0.4, -0.2) is 48.5 Å². The van der Waals surface area contributed by atoms with Gasteiger partial charge in [0.1, 0.15) is 5.82 Å². The number of aromatic nitrogens is 1. The molecule has 1 saturated heterocycles. The van der Waals surface area contributed by atoms with Crippen LogP contribution in [0.1, 0.15) is 17.3 Å². The highest BCUT2D eigenvalue weighted by molar-refractivity contribution is 6.31. The molecule has 1 aromatic heterocycles. The van der Waals surface area contributed by atoms with Gasteiger partial charge in [-0.3, -0.25) is 4.79 Å². The van der Waals surface area contributed by atoms with E-state index in [4.69, 9.17) is 11.6 Å². The summed E-state index contributed by atoms with van der Waals surface area (Å²) in [5.41, 5.74) is 1.21. The van der Waals surface area contributed by atoms with Gasteiger partial charge in [-0.25, -0.2) is 4.98 Å². The summed E-state index contributed by atoms with van der Waals surface area (Å²) in [7, 11) is 0. The summed E-state index contributed by atoms with van der Waals surface area (Å²) >= 11 is 5.92. The summed E-state index contributed by atoms with van der Waals surface area (Å²) in [4.78, 5) is 21.4. The lowest BCUT2D eigenvalue weighted by molar-refractivity contribution is 0.102. The Hall–Kier alpha value is -2.11. The van der Waals surface area contributed by atoms with Crippen molar-refractivity contribution in [3.8, 4) is 0 Å². The van der Waals surface area contributed by atoms with Gasteiger partial charge in [0.15, 0.2) is 0 Å². The van der Waals surface area contributed by atoms with Gasteiger partial charge in [-0.15, -0.1) is 0 Å². The van der Waals surface area contributed by atoms with Crippen LogP contribution in [0.25, 0.3) is 0 Å². The van der Waals surface area contributed by atoms with Crippen molar-refractivity contribution in [2.75, 3.05) is 42.9 Å². The summed E-state index contributed by atoms with van der Waals surface area (Å²) in [5, 5.41) is 3.39. The number of carbonyl (C=O) groups excluding carboxylic acids is 1. The van der Waals surface area contributed by atoms with E-state index in [1.165, 1.54) is 0 Å². The van der Waals surface area contributed by atoms with Crippen molar-refractivity contribution in [2.24, 2.45) is 0 Å². The van der Waals surface area contributed by atoms with E-state index in [0.29, 0.717) is 16.3 Å². The lowest BCUT2D eigenvalue weighted by Crippen LogP contribution is -2.46. The van der Waals surface area contributed by atoms with Crippen molar-refractivity contribution in [1.82, 2.24) is 9.88 Å². The van der Waals surface area contributed by atoms with Crippen molar-refractivity contribution in [3.05, 3.63) is 53.2 Å². The number of nitrogens with zero attached hydrogens (tertiary/aromatic N) is 3. The molecule has 0 atom stereocenters. The Labute approximate surface area is 147 Å². The highest BCUT2D eigenvalue weighted by atomic mass is 35.5. The first kappa shape index (κ1) is 16.7. The number of piperazine rings is 1. The Morgan fingerprint density at radius 1 is 1.21 bits per heavy atom. The van der Waals surface area contributed by atoms with Crippen LogP contribution in [0.15, 0.2) is 42.6 Å². The molecule has 2 heterocycles. The number of nitrogens with one attached hydrogen (secondary N) is 1. The molecule has 0 aliphatic carbocycles. The first-order valence-electron chi connectivity index (χ1n) is 8.16. The normalized spacial score (nSPS) is 15.3. The largest absolute Gasteiger partial charge is 0.354 e. The zero-order valence-electron chi connectivity index (χ0n) is 13.7.